The monoisotopic (exact) mass is 665 g/mol. The smallest absolute Gasteiger partial charge is 0.141 e. The van der Waals surface area contributed by atoms with Crippen molar-refractivity contribution >= 4 is 39.0 Å². The molecule has 1 aliphatic carbocycles. The second-order valence-electron chi connectivity index (χ2n) is 13.8. The lowest BCUT2D eigenvalue weighted by Gasteiger charge is -2.35. The Balaban J connectivity index is 1.27. The molecule has 10 rings (SSSR count). The van der Waals surface area contributed by atoms with E-state index >= 15 is 0 Å². The molecule has 1 aromatic heterocycles. The van der Waals surface area contributed by atoms with E-state index in [1.54, 1.807) is 0 Å². The van der Waals surface area contributed by atoms with Gasteiger partial charge in [0.1, 0.15) is 11.2 Å². The fourth-order valence-electron chi connectivity index (χ4n) is 8.46. The van der Waals surface area contributed by atoms with Gasteiger partial charge in [0.25, 0.3) is 0 Å². The maximum Gasteiger partial charge on any atom is 0.141 e. The van der Waals surface area contributed by atoms with Crippen molar-refractivity contribution in [3.8, 4) is 33.4 Å². The number of para-hydroxylation sites is 1. The fraction of sp³-hybridized carbons (Fsp3) is 0.0400. The molecule has 0 atom stereocenters. The van der Waals surface area contributed by atoms with Crippen LogP contribution in [0.4, 0.5) is 17.1 Å². The van der Waals surface area contributed by atoms with E-state index in [0.717, 1.165) is 44.6 Å². The molecule has 0 aliphatic heterocycles. The van der Waals surface area contributed by atoms with E-state index in [1.807, 2.05) is 0 Å². The lowest BCUT2D eigenvalue weighted by atomic mass is 9.72. The molecule has 0 N–H and O–H groups in total. The van der Waals surface area contributed by atoms with Crippen molar-refractivity contribution in [1.82, 2.24) is 0 Å². The Morgan fingerprint density at radius 2 is 0.865 bits per heavy atom. The molecule has 1 aliphatic rings. The second kappa shape index (κ2) is 12.0. The minimum absolute atomic E-state index is 0.512. The van der Waals surface area contributed by atoms with Crippen LogP contribution in [0.25, 0.3) is 55.3 Å². The molecular weight excluding hydrogens is 631 g/mol. The van der Waals surface area contributed by atoms with Crippen LogP contribution in [0.3, 0.4) is 0 Å². The number of fused-ring (bicyclic) bond motifs is 6. The molecule has 0 saturated carbocycles. The molecule has 0 spiro atoms. The van der Waals surface area contributed by atoms with Gasteiger partial charge in [-0.2, -0.15) is 0 Å². The molecule has 2 heteroatoms. The van der Waals surface area contributed by atoms with Crippen LogP contribution in [0.5, 0.6) is 0 Å². The van der Waals surface area contributed by atoms with Crippen molar-refractivity contribution in [3.05, 3.63) is 211 Å². The standard InChI is InChI=1S/C50H35NO/c1-50(44-21-11-8-18-40(44)41-19-9-12-22-45(41)50)48-46(33-32-43-42-20-10-13-23-47(42)52-49(43)48)51(38-28-24-36(25-29-38)34-14-4-2-5-15-34)39-30-26-37(27-31-39)35-16-6-3-7-17-35/h2-33H,1H3. The Labute approximate surface area is 303 Å². The molecule has 0 unspecified atom stereocenters. The lowest BCUT2D eigenvalue weighted by molar-refractivity contribution is 0.638. The van der Waals surface area contributed by atoms with E-state index in [2.05, 4.69) is 206 Å². The van der Waals surface area contributed by atoms with Crippen LogP contribution < -0.4 is 4.90 Å². The summed E-state index contributed by atoms with van der Waals surface area (Å²) in [5.41, 5.74) is 15.5. The SMILES string of the molecule is CC1(c2c(N(c3ccc(-c4ccccc4)cc3)c3ccc(-c4ccccc4)cc3)ccc3c2oc2ccccc23)c2ccccc2-c2ccccc21. The maximum absolute atomic E-state index is 6.98. The summed E-state index contributed by atoms with van der Waals surface area (Å²) < 4.78 is 6.98. The van der Waals surface area contributed by atoms with Crippen molar-refractivity contribution in [2.24, 2.45) is 0 Å². The fourth-order valence-corrected chi connectivity index (χ4v) is 8.46. The topological polar surface area (TPSA) is 16.4 Å². The molecule has 52 heavy (non-hydrogen) atoms. The Morgan fingerprint density at radius 1 is 0.404 bits per heavy atom. The first-order valence-corrected chi connectivity index (χ1v) is 17.9. The summed E-state index contributed by atoms with van der Waals surface area (Å²) in [7, 11) is 0. The van der Waals surface area contributed by atoms with Gasteiger partial charge in [-0.15, -0.1) is 0 Å². The second-order valence-corrected chi connectivity index (χ2v) is 13.8. The van der Waals surface area contributed by atoms with Crippen molar-refractivity contribution in [3.63, 3.8) is 0 Å². The van der Waals surface area contributed by atoms with Crippen molar-refractivity contribution < 1.29 is 4.42 Å². The minimum Gasteiger partial charge on any atom is -0.456 e. The zero-order valence-electron chi connectivity index (χ0n) is 28.8. The van der Waals surface area contributed by atoms with Gasteiger partial charge in [-0.05, 0) is 93.9 Å². The van der Waals surface area contributed by atoms with E-state index in [9.17, 15) is 0 Å². The predicted molar refractivity (Wildman–Crippen MR) is 217 cm³/mol. The third-order valence-electron chi connectivity index (χ3n) is 11.0. The van der Waals surface area contributed by atoms with Gasteiger partial charge >= 0.3 is 0 Å². The predicted octanol–water partition coefficient (Wildman–Crippen LogP) is 13.7. The number of furan rings is 1. The molecule has 0 amide bonds. The highest BCUT2D eigenvalue weighted by molar-refractivity contribution is 6.09. The summed E-state index contributed by atoms with van der Waals surface area (Å²) in [4.78, 5) is 2.42. The van der Waals surface area contributed by atoms with E-state index in [-0.39, 0.29) is 0 Å². The molecule has 2 nitrogen and oxygen atoms in total. The number of hydrogen-bond donors (Lipinski definition) is 0. The molecule has 8 aromatic carbocycles. The number of rotatable bonds is 6. The third-order valence-corrected chi connectivity index (χ3v) is 11.0. The normalized spacial score (nSPS) is 12.9. The van der Waals surface area contributed by atoms with Crippen LogP contribution in [0, 0.1) is 0 Å². The summed E-state index contributed by atoms with van der Waals surface area (Å²) in [6.07, 6.45) is 0. The highest BCUT2D eigenvalue weighted by atomic mass is 16.3. The van der Waals surface area contributed by atoms with Gasteiger partial charge in [0.2, 0.25) is 0 Å². The third kappa shape index (κ3) is 4.65. The van der Waals surface area contributed by atoms with Crippen LogP contribution in [0.15, 0.2) is 199 Å². The Morgan fingerprint density at radius 3 is 1.42 bits per heavy atom. The van der Waals surface area contributed by atoms with Crippen molar-refractivity contribution in [2.75, 3.05) is 4.90 Å². The largest absolute Gasteiger partial charge is 0.456 e. The number of nitrogens with zero attached hydrogens (tertiary/aromatic N) is 1. The van der Waals surface area contributed by atoms with Crippen LogP contribution in [0.2, 0.25) is 0 Å². The van der Waals surface area contributed by atoms with Crippen LogP contribution >= 0.6 is 0 Å². The van der Waals surface area contributed by atoms with E-state index < -0.39 is 5.41 Å². The van der Waals surface area contributed by atoms with E-state index in [0.29, 0.717) is 0 Å². The number of benzene rings is 8. The molecule has 0 bridgehead atoms. The van der Waals surface area contributed by atoms with Crippen LogP contribution in [0.1, 0.15) is 23.6 Å². The quantitative estimate of drug-likeness (QED) is 0.176. The molecular formula is C50H35NO. The molecule has 0 radical (unpaired) electrons. The van der Waals surface area contributed by atoms with Gasteiger partial charge < -0.3 is 9.32 Å². The van der Waals surface area contributed by atoms with E-state index in [1.165, 1.54) is 44.5 Å². The number of hydrogen-bond acceptors (Lipinski definition) is 2. The van der Waals surface area contributed by atoms with Crippen LogP contribution in [-0.4, -0.2) is 0 Å². The van der Waals surface area contributed by atoms with Gasteiger partial charge in [0.05, 0.1) is 5.69 Å². The summed E-state index contributed by atoms with van der Waals surface area (Å²) in [5.74, 6) is 0. The van der Waals surface area contributed by atoms with Gasteiger partial charge in [0, 0.05) is 33.1 Å². The zero-order chi connectivity index (χ0) is 34.6. The van der Waals surface area contributed by atoms with Crippen LogP contribution in [-0.2, 0) is 5.41 Å². The Hall–Kier alpha value is -6.64. The minimum atomic E-state index is -0.512. The zero-order valence-corrected chi connectivity index (χ0v) is 28.8. The Kier molecular flexibility index (Phi) is 6.97. The van der Waals surface area contributed by atoms with E-state index in [4.69, 9.17) is 4.42 Å². The summed E-state index contributed by atoms with van der Waals surface area (Å²) >= 11 is 0. The molecule has 0 fully saturated rings. The summed E-state index contributed by atoms with van der Waals surface area (Å²) in [6.45, 7) is 2.39. The molecule has 0 saturated heterocycles. The van der Waals surface area contributed by atoms with Gasteiger partial charge in [-0.3, -0.25) is 0 Å². The summed E-state index contributed by atoms with van der Waals surface area (Å²) in [6, 6.07) is 69.8. The van der Waals surface area contributed by atoms with Crippen molar-refractivity contribution in [2.45, 2.75) is 12.3 Å². The highest BCUT2D eigenvalue weighted by Gasteiger charge is 2.44. The Bertz CT molecular complexity index is 2600. The average molecular weight is 666 g/mol. The lowest BCUT2D eigenvalue weighted by Crippen LogP contribution is -2.26. The first-order chi connectivity index (χ1) is 25.7. The molecule has 1 heterocycles. The first-order valence-electron chi connectivity index (χ1n) is 17.9. The average Bonchev–Trinajstić information content (AvgIpc) is 3.72. The van der Waals surface area contributed by atoms with Crippen molar-refractivity contribution in [1.29, 1.82) is 0 Å². The molecule has 246 valence electrons. The maximum atomic E-state index is 6.98. The first kappa shape index (κ1) is 30.2. The highest BCUT2D eigenvalue weighted by Crippen LogP contribution is 2.57. The molecule has 9 aromatic rings. The van der Waals surface area contributed by atoms with Gasteiger partial charge in [-0.1, -0.05) is 152 Å². The van der Waals surface area contributed by atoms with Gasteiger partial charge in [0.15, 0.2) is 0 Å². The summed E-state index contributed by atoms with van der Waals surface area (Å²) in [5, 5.41) is 2.25. The van der Waals surface area contributed by atoms with Gasteiger partial charge in [-0.25, -0.2) is 0 Å². The number of anilines is 3.